The number of nitrogens with one attached hydrogen (secondary N) is 1. The average molecular weight is 584 g/mol. The van der Waals surface area contributed by atoms with Gasteiger partial charge in [-0.3, -0.25) is 0 Å². The van der Waals surface area contributed by atoms with Crippen molar-refractivity contribution in [2.24, 2.45) is 0 Å². The Morgan fingerprint density at radius 2 is 1.83 bits per heavy atom. The van der Waals surface area contributed by atoms with Crippen LogP contribution in [0, 0.1) is 11.3 Å². The van der Waals surface area contributed by atoms with Gasteiger partial charge in [0.1, 0.15) is 17.9 Å². The summed E-state index contributed by atoms with van der Waals surface area (Å²) in [7, 11) is 0. The van der Waals surface area contributed by atoms with E-state index >= 15 is 0 Å². The van der Waals surface area contributed by atoms with Crippen LogP contribution in [0.5, 0.6) is 5.75 Å². The Balaban J connectivity index is 1.16. The molecular formula is C29H32F3N7OS. The summed E-state index contributed by atoms with van der Waals surface area (Å²) in [6.45, 7) is 6.94. The lowest BCUT2D eigenvalue weighted by Crippen LogP contribution is -2.43. The standard InChI is InChI=1S/C29H32F3N7OS/c1-41-39-14-12-37(13-15-39)10-2-16-40-24-7-4-22(5-8-24)36-28-25-9-11-38(19-27(25)34-20-35-28)23-6-3-21(18-33)26(17-23)29(30,31)32/h3-8,17,20H,2,9-16,19H2,1H3,(H,34,35,36). The van der Waals surface area contributed by atoms with E-state index in [-0.39, 0.29) is 5.56 Å². The number of hydrogen-bond acceptors (Lipinski definition) is 9. The zero-order valence-electron chi connectivity index (χ0n) is 22.8. The second kappa shape index (κ2) is 13.0. The van der Waals surface area contributed by atoms with Crippen molar-refractivity contribution in [3.05, 3.63) is 71.2 Å². The largest absolute Gasteiger partial charge is 0.494 e. The number of piperazine rings is 1. The van der Waals surface area contributed by atoms with Gasteiger partial charge < -0.3 is 19.9 Å². The Kier molecular flexibility index (Phi) is 9.17. The first-order chi connectivity index (χ1) is 19.8. The smallest absolute Gasteiger partial charge is 0.417 e. The minimum absolute atomic E-state index is 0.343. The van der Waals surface area contributed by atoms with Crippen LogP contribution in [0.3, 0.4) is 0 Å². The van der Waals surface area contributed by atoms with Gasteiger partial charge in [0.15, 0.2) is 0 Å². The van der Waals surface area contributed by atoms with Gasteiger partial charge in [-0.25, -0.2) is 14.3 Å². The van der Waals surface area contributed by atoms with E-state index in [1.807, 2.05) is 41.1 Å². The van der Waals surface area contributed by atoms with Crippen molar-refractivity contribution in [1.82, 2.24) is 19.2 Å². The number of alkyl halides is 3. The monoisotopic (exact) mass is 583 g/mol. The number of nitriles is 1. The molecule has 0 atom stereocenters. The van der Waals surface area contributed by atoms with Crippen LogP contribution >= 0.6 is 11.9 Å². The van der Waals surface area contributed by atoms with Gasteiger partial charge in [0, 0.05) is 56.2 Å². The van der Waals surface area contributed by atoms with Gasteiger partial charge in [0.25, 0.3) is 0 Å². The molecule has 1 aromatic heterocycles. The quantitative estimate of drug-likeness (QED) is 0.265. The maximum atomic E-state index is 13.5. The summed E-state index contributed by atoms with van der Waals surface area (Å²) in [6.07, 6.45) is 0.526. The molecule has 0 unspecified atom stereocenters. The van der Waals surface area contributed by atoms with Crippen LogP contribution in [0.25, 0.3) is 0 Å². The first kappa shape index (κ1) is 29.0. The summed E-state index contributed by atoms with van der Waals surface area (Å²) in [6, 6.07) is 13.2. The topological polar surface area (TPSA) is 80.6 Å². The second-order valence-corrected chi connectivity index (χ2v) is 10.8. The molecule has 3 heterocycles. The lowest BCUT2D eigenvalue weighted by molar-refractivity contribution is -0.137. The van der Waals surface area contributed by atoms with E-state index in [1.54, 1.807) is 12.1 Å². The number of halogens is 3. The molecule has 1 N–H and O–H groups in total. The molecule has 5 rings (SSSR count). The molecule has 2 aromatic carbocycles. The van der Waals surface area contributed by atoms with Crippen LogP contribution in [0.1, 0.15) is 28.8 Å². The first-order valence-corrected chi connectivity index (χ1v) is 14.7. The highest BCUT2D eigenvalue weighted by atomic mass is 32.2. The molecule has 0 amide bonds. The van der Waals surface area contributed by atoms with E-state index in [0.717, 1.165) is 67.9 Å². The van der Waals surface area contributed by atoms with E-state index in [2.05, 4.69) is 30.7 Å². The highest BCUT2D eigenvalue weighted by Crippen LogP contribution is 2.36. The molecule has 8 nitrogen and oxygen atoms in total. The van der Waals surface area contributed by atoms with E-state index in [1.165, 1.54) is 12.4 Å². The Labute approximate surface area is 242 Å². The number of ether oxygens (including phenoxy) is 1. The number of benzene rings is 2. The van der Waals surface area contributed by atoms with Gasteiger partial charge in [-0.15, -0.1) is 0 Å². The summed E-state index contributed by atoms with van der Waals surface area (Å²) in [5.74, 6) is 1.49. The fourth-order valence-electron chi connectivity index (χ4n) is 5.13. The molecule has 0 radical (unpaired) electrons. The van der Waals surface area contributed by atoms with Crippen molar-refractivity contribution in [3.63, 3.8) is 0 Å². The third kappa shape index (κ3) is 7.22. The summed E-state index contributed by atoms with van der Waals surface area (Å²) >= 11 is 1.81. The number of hydrogen-bond donors (Lipinski definition) is 1. The fraction of sp³-hybridized carbons (Fsp3) is 0.414. The van der Waals surface area contributed by atoms with Crippen LogP contribution < -0.4 is 15.0 Å². The van der Waals surface area contributed by atoms with Gasteiger partial charge in [0.2, 0.25) is 0 Å². The number of fused-ring (bicyclic) bond motifs is 1. The van der Waals surface area contributed by atoms with E-state index in [9.17, 15) is 13.2 Å². The summed E-state index contributed by atoms with van der Waals surface area (Å²) in [5.41, 5.74) is 1.64. The molecule has 1 fully saturated rings. The Morgan fingerprint density at radius 1 is 1.05 bits per heavy atom. The van der Waals surface area contributed by atoms with Gasteiger partial charge >= 0.3 is 6.18 Å². The molecule has 1 saturated heterocycles. The molecule has 3 aromatic rings. The molecule has 2 aliphatic rings. The molecule has 216 valence electrons. The first-order valence-electron chi connectivity index (χ1n) is 13.5. The number of rotatable bonds is 9. The van der Waals surface area contributed by atoms with Crippen molar-refractivity contribution < 1.29 is 17.9 Å². The Morgan fingerprint density at radius 3 is 2.54 bits per heavy atom. The molecule has 0 spiro atoms. The van der Waals surface area contributed by atoms with Crippen LogP contribution in [-0.2, 0) is 19.1 Å². The molecular weight excluding hydrogens is 551 g/mol. The maximum Gasteiger partial charge on any atom is 0.417 e. The molecule has 41 heavy (non-hydrogen) atoms. The van der Waals surface area contributed by atoms with Crippen LogP contribution in [-0.4, -0.2) is 71.3 Å². The van der Waals surface area contributed by atoms with Crippen molar-refractivity contribution >= 4 is 29.1 Å². The lowest BCUT2D eigenvalue weighted by Gasteiger charge is -2.33. The minimum atomic E-state index is -4.60. The van der Waals surface area contributed by atoms with E-state index in [4.69, 9.17) is 10.00 Å². The second-order valence-electron chi connectivity index (χ2n) is 9.96. The number of anilines is 3. The molecule has 0 aliphatic carbocycles. The van der Waals surface area contributed by atoms with Crippen molar-refractivity contribution in [2.75, 3.05) is 62.3 Å². The minimum Gasteiger partial charge on any atom is -0.494 e. The van der Waals surface area contributed by atoms with E-state index in [0.29, 0.717) is 37.6 Å². The normalized spacial score (nSPS) is 16.2. The third-order valence-electron chi connectivity index (χ3n) is 7.40. The number of aromatic nitrogens is 2. The molecule has 0 saturated carbocycles. The predicted molar refractivity (Wildman–Crippen MR) is 154 cm³/mol. The van der Waals surface area contributed by atoms with Crippen LogP contribution in [0.15, 0.2) is 48.8 Å². The Bertz CT molecular complexity index is 1370. The summed E-state index contributed by atoms with van der Waals surface area (Å²) in [4.78, 5) is 13.2. The van der Waals surface area contributed by atoms with Gasteiger partial charge in [-0.05, 0) is 61.6 Å². The van der Waals surface area contributed by atoms with Crippen LogP contribution in [0.4, 0.5) is 30.4 Å². The summed E-state index contributed by atoms with van der Waals surface area (Å²) in [5, 5.41) is 12.4. The molecule has 12 heteroatoms. The Hall–Kier alpha value is -3.53. The maximum absolute atomic E-state index is 13.5. The average Bonchev–Trinajstić information content (AvgIpc) is 2.99. The highest BCUT2D eigenvalue weighted by Gasteiger charge is 2.34. The fourth-order valence-corrected chi connectivity index (χ4v) is 5.66. The molecule has 2 aliphatic heterocycles. The van der Waals surface area contributed by atoms with Gasteiger partial charge in [-0.1, -0.05) is 11.9 Å². The van der Waals surface area contributed by atoms with E-state index < -0.39 is 11.7 Å². The van der Waals surface area contributed by atoms with Gasteiger partial charge in [0.05, 0.1) is 36.0 Å². The van der Waals surface area contributed by atoms with Crippen molar-refractivity contribution in [3.8, 4) is 11.8 Å². The van der Waals surface area contributed by atoms with Crippen LogP contribution in [0.2, 0.25) is 0 Å². The van der Waals surface area contributed by atoms with Crippen molar-refractivity contribution in [1.29, 1.82) is 5.26 Å². The zero-order valence-corrected chi connectivity index (χ0v) is 23.6. The van der Waals surface area contributed by atoms with Gasteiger partial charge in [-0.2, -0.15) is 18.4 Å². The highest BCUT2D eigenvalue weighted by molar-refractivity contribution is 7.96. The SMILES string of the molecule is CSN1CCN(CCCOc2ccc(Nc3ncnc4c3CCN(c3ccc(C#N)c(C(F)(F)F)c3)C4)cc2)CC1. The number of nitrogens with zero attached hydrogens (tertiary/aromatic N) is 6. The lowest BCUT2D eigenvalue weighted by atomic mass is 10.0. The molecule has 0 bridgehead atoms. The third-order valence-corrected chi connectivity index (χ3v) is 8.28. The predicted octanol–water partition coefficient (Wildman–Crippen LogP) is 5.34. The summed E-state index contributed by atoms with van der Waals surface area (Å²) < 4.78 is 48.7. The van der Waals surface area contributed by atoms with Crippen molar-refractivity contribution in [2.45, 2.75) is 25.6 Å². The zero-order chi connectivity index (χ0) is 28.8.